The van der Waals surface area contributed by atoms with Gasteiger partial charge in [-0.1, -0.05) is 62.4 Å². The molecule has 1 saturated carbocycles. The lowest BCUT2D eigenvalue weighted by Gasteiger charge is -2.56. The van der Waals surface area contributed by atoms with Crippen molar-refractivity contribution in [1.29, 1.82) is 0 Å². The second-order valence-corrected chi connectivity index (χ2v) is 10.1. The second kappa shape index (κ2) is 7.05. The topological polar surface area (TPSA) is 40.6 Å². The van der Waals surface area contributed by atoms with Gasteiger partial charge in [-0.2, -0.15) is 0 Å². The van der Waals surface area contributed by atoms with Crippen molar-refractivity contribution in [3.05, 3.63) is 65.7 Å². The van der Waals surface area contributed by atoms with E-state index < -0.39 is 5.41 Å². The number of carbonyl (C=O) groups excluding carboxylic acids is 2. The molecular formula is C26H30N2O2. The lowest BCUT2D eigenvalue weighted by Crippen LogP contribution is -2.69. The van der Waals surface area contributed by atoms with Crippen LogP contribution in [0.1, 0.15) is 37.8 Å². The first-order valence-electron chi connectivity index (χ1n) is 11.1. The average Bonchev–Trinajstić information content (AvgIpc) is 2.72. The van der Waals surface area contributed by atoms with E-state index in [9.17, 15) is 9.59 Å². The number of nitrogens with zero attached hydrogens (tertiary/aromatic N) is 2. The molecule has 2 aromatic carbocycles. The van der Waals surface area contributed by atoms with Gasteiger partial charge in [-0.15, -0.1) is 0 Å². The van der Waals surface area contributed by atoms with Crippen LogP contribution < -0.4 is 4.90 Å². The minimum Gasteiger partial charge on any atom is -0.364 e. The number of benzene rings is 2. The Morgan fingerprint density at radius 2 is 1.53 bits per heavy atom. The Kier molecular flexibility index (Phi) is 4.59. The van der Waals surface area contributed by atoms with E-state index in [1.54, 1.807) is 0 Å². The summed E-state index contributed by atoms with van der Waals surface area (Å²) in [5.41, 5.74) is 2.49. The van der Waals surface area contributed by atoms with Crippen LogP contribution in [-0.2, 0) is 22.6 Å². The van der Waals surface area contributed by atoms with Crippen molar-refractivity contribution in [1.82, 2.24) is 4.90 Å². The number of carbonyl (C=O) groups is 2. The quantitative estimate of drug-likeness (QED) is 0.715. The highest BCUT2D eigenvalue weighted by atomic mass is 16.2. The number of anilines is 1. The maximum absolute atomic E-state index is 13.7. The van der Waals surface area contributed by atoms with E-state index in [4.69, 9.17) is 0 Å². The van der Waals surface area contributed by atoms with Crippen LogP contribution in [0.4, 0.5) is 5.69 Å². The highest BCUT2D eigenvalue weighted by Crippen LogP contribution is 2.50. The molecule has 4 nitrogen and oxygen atoms in total. The summed E-state index contributed by atoms with van der Waals surface area (Å²) in [5, 5.41) is 0. The summed E-state index contributed by atoms with van der Waals surface area (Å²) in [6.07, 6.45) is 1.53. The Morgan fingerprint density at radius 3 is 2.27 bits per heavy atom. The molecule has 1 atom stereocenters. The summed E-state index contributed by atoms with van der Waals surface area (Å²) in [6, 6.07) is 18.7. The number of rotatable bonds is 2. The van der Waals surface area contributed by atoms with Crippen LogP contribution in [0.25, 0.3) is 0 Å². The number of para-hydroxylation sites is 1. The van der Waals surface area contributed by atoms with Gasteiger partial charge in [0.15, 0.2) is 0 Å². The van der Waals surface area contributed by atoms with Crippen molar-refractivity contribution in [2.45, 2.75) is 45.7 Å². The predicted octanol–water partition coefficient (Wildman–Crippen LogP) is 3.88. The smallest absolute Gasteiger partial charge is 0.149 e. The molecule has 1 aliphatic carbocycles. The first-order chi connectivity index (χ1) is 14.4. The van der Waals surface area contributed by atoms with Crippen LogP contribution in [-0.4, -0.2) is 42.1 Å². The number of Topliss-reactive ketones (excluding diaryl/α,β-unsaturated/α-hetero) is 2. The summed E-state index contributed by atoms with van der Waals surface area (Å²) < 4.78 is 0. The van der Waals surface area contributed by atoms with Crippen molar-refractivity contribution in [3.8, 4) is 0 Å². The number of hydrogen-bond donors (Lipinski definition) is 0. The molecule has 5 rings (SSSR count). The molecule has 0 radical (unpaired) electrons. The molecule has 0 bridgehead atoms. The van der Waals surface area contributed by atoms with E-state index in [1.165, 1.54) is 11.3 Å². The molecule has 0 N–H and O–H groups in total. The summed E-state index contributed by atoms with van der Waals surface area (Å²) in [5.74, 6) is 0.296. The fraction of sp³-hybridized carbons (Fsp3) is 0.462. The van der Waals surface area contributed by atoms with Gasteiger partial charge in [0.25, 0.3) is 0 Å². The summed E-state index contributed by atoms with van der Waals surface area (Å²) in [6.45, 7) is 7.49. The van der Waals surface area contributed by atoms with Gasteiger partial charge in [0.2, 0.25) is 0 Å². The SMILES string of the molecule is CC1(C)CC(=O)C2(Cc3ccccc3N3CCN(Cc4ccccc4)C[C@@H]32)C(=O)C1. The molecule has 30 heavy (non-hydrogen) atoms. The predicted molar refractivity (Wildman–Crippen MR) is 118 cm³/mol. The normalized spacial score (nSPS) is 25.1. The fourth-order valence-corrected chi connectivity index (χ4v) is 5.87. The van der Waals surface area contributed by atoms with Crippen LogP contribution in [0, 0.1) is 10.8 Å². The number of fused-ring (bicyclic) bond motifs is 4. The third kappa shape index (κ3) is 3.09. The number of piperazine rings is 1. The molecule has 1 spiro atoms. The summed E-state index contributed by atoms with van der Waals surface area (Å²) in [7, 11) is 0. The lowest BCUT2D eigenvalue weighted by molar-refractivity contribution is -0.151. The van der Waals surface area contributed by atoms with Crippen molar-refractivity contribution >= 4 is 17.3 Å². The van der Waals surface area contributed by atoms with Crippen molar-refractivity contribution in [2.75, 3.05) is 24.5 Å². The first-order valence-corrected chi connectivity index (χ1v) is 11.1. The standard InChI is InChI=1S/C26H30N2O2/c1-25(2)15-23(29)26(24(30)16-25)14-20-10-6-7-11-21(20)28-13-12-27(18-22(26)28)17-19-8-4-3-5-9-19/h3-11,22H,12-18H2,1-2H3/t22-/m1/s1. The fourth-order valence-electron chi connectivity index (χ4n) is 5.87. The van der Waals surface area contributed by atoms with Gasteiger partial charge < -0.3 is 4.90 Å². The Morgan fingerprint density at radius 1 is 0.867 bits per heavy atom. The summed E-state index contributed by atoms with van der Waals surface area (Å²) >= 11 is 0. The van der Waals surface area contributed by atoms with Gasteiger partial charge in [-0.3, -0.25) is 14.5 Å². The highest BCUT2D eigenvalue weighted by molar-refractivity contribution is 6.11. The van der Waals surface area contributed by atoms with Crippen LogP contribution in [0.15, 0.2) is 54.6 Å². The van der Waals surface area contributed by atoms with Crippen molar-refractivity contribution in [3.63, 3.8) is 0 Å². The Labute approximate surface area is 178 Å². The third-order valence-corrected chi connectivity index (χ3v) is 7.33. The molecule has 0 aromatic heterocycles. The molecule has 2 aromatic rings. The zero-order chi connectivity index (χ0) is 20.9. The molecule has 2 heterocycles. The van der Waals surface area contributed by atoms with E-state index in [-0.39, 0.29) is 23.0 Å². The molecule has 0 amide bonds. The van der Waals surface area contributed by atoms with Gasteiger partial charge in [0.1, 0.15) is 17.0 Å². The summed E-state index contributed by atoms with van der Waals surface area (Å²) in [4.78, 5) is 32.1. The van der Waals surface area contributed by atoms with Crippen LogP contribution in [0.2, 0.25) is 0 Å². The Bertz CT molecular complexity index is 962. The van der Waals surface area contributed by atoms with Crippen LogP contribution in [0.3, 0.4) is 0 Å². The van der Waals surface area contributed by atoms with E-state index in [0.717, 1.165) is 31.7 Å². The van der Waals surface area contributed by atoms with E-state index >= 15 is 0 Å². The highest BCUT2D eigenvalue weighted by Gasteiger charge is 2.60. The zero-order valence-corrected chi connectivity index (χ0v) is 17.9. The van der Waals surface area contributed by atoms with Crippen LogP contribution >= 0.6 is 0 Å². The molecule has 4 heteroatoms. The van der Waals surface area contributed by atoms with E-state index in [2.05, 4.69) is 52.3 Å². The largest absolute Gasteiger partial charge is 0.364 e. The maximum atomic E-state index is 13.7. The van der Waals surface area contributed by atoms with Gasteiger partial charge in [-0.25, -0.2) is 0 Å². The lowest BCUT2D eigenvalue weighted by atomic mass is 9.56. The van der Waals surface area contributed by atoms with Gasteiger partial charge in [0, 0.05) is 44.7 Å². The molecule has 1 saturated heterocycles. The maximum Gasteiger partial charge on any atom is 0.149 e. The first kappa shape index (κ1) is 19.5. The molecule has 3 aliphatic rings. The number of hydrogen-bond acceptors (Lipinski definition) is 4. The minimum absolute atomic E-state index is 0.0824. The molecule has 0 unspecified atom stereocenters. The van der Waals surface area contributed by atoms with E-state index in [0.29, 0.717) is 19.3 Å². The van der Waals surface area contributed by atoms with Gasteiger partial charge in [-0.05, 0) is 29.0 Å². The third-order valence-electron chi connectivity index (χ3n) is 7.33. The minimum atomic E-state index is -0.904. The van der Waals surface area contributed by atoms with Crippen molar-refractivity contribution in [2.24, 2.45) is 10.8 Å². The molecule has 2 fully saturated rings. The van der Waals surface area contributed by atoms with Crippen molar-refractivity contribution < 1.29 is 9.59 Å². The Balaban J connectivity index is 1.53. The molecular weight excluding hydrogens is 372 g/mol. The van der Waals surface area contributed by atoms with Gasteiger partial charge >= 0.3 is 0 Å². The molecule has 156 valence electrons. The zero-order valence-electron chi connectivity index (χ0n) is 17.9. The van der Waals surface area contributed by atoms with E-state index in [1.807, 2.05) is 26.0 Å². The average molecular weight is 403 g/mol. The molecule has 2 aliphatic heterocycles. The van der Waals surface area contributed by atoms with Crippen LogP contribution in [0.5, 0.6) is 0 Å². The van der Waals surface area contributed by atoms with Gasteiger partial charge in [0.05, 0.1) is 6.04 Å². The monoisotopic (exact) mass is 402 g/mol. The second-order valence-electron chi connectivity index (χ2n) is 10.1. The Hall–Kier alpha value is -2.46. The number of ketones is 2.